The van der Waals surface area contributed by atoms with Crippen molar-refractivity contribution in [2.45, 2.75) is 55.6 Å². The van der Waals surface area contributed by atoms with E-state index in [0.29, 0.717) is 15.8 Å². The number of thioether (sulfide) groups is 1. The largest absolute Gasteiger partial charge is 0.369 e. The molecule has 2 fully saturated rings. The number of nitrogens with zero attached hydrogens (tertiary/aromatic N) is 2. The summed E-state index contributed by atoms with van der Waals surface area (Å²) in [5.41, 5.74) is 0. The van der Waals surface area contributed by atoms with E-state index in [0.717, 1.165) is 18.2 Å². The monoisotopic (exact) mass is 311 g/mol. The zero-order valence-corrected chi connectivity index (χ0v) is 13.6. The summed E-state index contributed by atoms with van der Waals surface area (Å²) in [4.78, 5) is 8.97. The van der Waals surface area contributed by atoms with Gasteiger partial charge in [0, 0.05) is 23.3 Å². The Morgan fingerprint density at radius 1 is 1.30 bits per heavy atom. The zero-order valence-electron chi connectivity index (χ0n) is 12.0. The van der Waals surface area contributed by atoms with Gasteiger partial charge in [0.15, 0.2) is 0 Å². The molecule has 0 bridgehead atoms. The number of hydrogen-bond acceptors (Lipinski definition) is 4. The van der Waals surface area contributed by atoms with Crippen molar-refractivity contribution in [2.75, 3.05) is 18.1 Å². The minimum absolute atomic E-state index is 0.370. The highest BCUT2D eigenvalue weighted by molar-refractivity contribution is 8.00. The number of rotatable bonds is 5. The van der Waals surface area contributed by atoms with Crippen molar-refractivity contribution in [3.63, 3.8) is 0 Å². The van der Waals surface area contributed by atoms with Crippen molar-refractivity contribution in [3.05, 3.63) is 17.0 Å². The third-order valence-electron chi connectivity index (χ3n) is 4.44. The minimum atomic E-state index is 0.370. The third-order valence-corrected chi connectivity index (χ3v) is 6.06. The van der Waals surface area contributed by atoms with Crippen molar-refractivity contribution >= 4 is 29.2 Å². The van der Waals surface area contributed by atoms with Gasteiger partial charge in [0.05, 0.1) is 0 Å². The molecule has 0 atom stereocenters. The van der Waals surface area contributed by atoms with E-state index < -0.39 is 0 Å². The maximum Gasteiger partial charge on any atom is 0.135 e. The van der Waals surface area contributed by atoms with Crippen LogP contribution in [0.3, 0.4) is 0 Å². The molecule has 1 aromatic rings. The third kappa shape index (κ3) is 3.40. The van der Waals surface area contributed by atoms with Crippen LogP contribution >= 0.6 is 23.4 Å². The second-order valence-electron chi connectivity index (χ2n) is 6.01. The summed E-state index contributed by atoms with van der Waals surface area (Å²) in [5.74, 6) is 2.35. The zero-order chi connectivity index (χ0) is 14.0. The molecule has 0 saturated heterocycles. The molecule has 2 aliphatic carbocycles. The van der Waals surface area contributed by atoms with Gasteiger partial charge in [0.25, 0.3) is 0 Å². The average Bonchev–Trinajstić information content (AvgIpc) is 3.30. The predicted octanol–water partition coefficient (Wildman–Crippen LogP) is 4.49. The van der Waals surface area contributed by atoms with E-state index in [9.17, 15) is 0 Å². The van der Waals surface area contributed by atoms with E-state index in [1.165, 1.54) is 44.9 Å². The first kappa shape index (κ1) is 14.5. The quantitative estimate of drug-likeness (QED) is 0.813. The van der Waals surface area contributed by atoms with Crippen molar-refractivity contribution in [2.24, 2.45) is 0 Å². The van der Waals surface area contributed by atoms with Crippen LogP contribution in [-0.4, -0.2) is 27.5 Å². The van der Waals surface area contributed by atoms with Crippen LogP contribution in [0.1, 0.15) is 56.7 Å². The molecule has 1 aromatic heterocycles. The molecule has 1 N–H and O–H groups in total. The molecule has 1 heterocycles. The lowest BCUT2D eigenvalue weighted by Crippen LogP contribution is -2.35. The van der Waals surface area contributed by atoms with E-state index in [1.54, 1.807) is 0 Å². The molecule has 0 radical (unpaired) electrons. The smallest absolute Gasteiger partial charge is 0.135 e. The SMILES string of the molecule is CSC1(CNc2cc(Cl)nc(C3CC3)n2)CCCCC1. The molecule has 3 rings (SSSR count). The van der Waals surface area contributed by atoms with Gasteiger partial charge < -0.3 is 5.32 Å². The molecule has 5 heteroatoms. The summed E-state index contributed by atoms with van der Waals surface area (Å²) in [6.07, 6.45) is 11.3. The van der Waals surface area contributed by atoms with Gasteiger partial charge in [-0.15, -0.1) is 0 Å². The van der Waals surface area contributed by atoms with Crippen molar-refractivity contribution in [1.29, 1.82) is 0 Å². The predicted molar refractivity (Wildman–Crippen MR) is 86.8 cm³/mol. The number of halogens is 1. The summed E-state index contributed by atoms with van der Waals surface area (Å²) < 4.78 is 0.370. The van der Waals surface area contributed by atoms with Crippen LogP contribution in [0.25, 0.3) is 0 Å². The molecule has 110 valence electrons. The number of anilines is 1. The van der Waals surface area contributed by atoms with Crippen LogP contribution in [-0.2, 0) is 0 Å². The molecule has 0 amide bonds. The van der Waals surface area contributed by atoms with Crippen LogP contribution in [0.5, 0.6) is 0 Å². The van der Waals surface area contributed by atoms with Crippen LogP contribution in [0, 0.1) is 0 Å². The lowest BCUT2D eigenvalue weighted by molar-refractivity contribution is 0.411. The van der Waals surface area contributed by atoms with Gasteiger partial charge in [-0.05, 0) is 31.9 Å². The summed E-state index contributed by atoms with van der Waals surface area (Å²) in [6, 6.07) is 1.85. The Bertz CT molecular complexity index is 470. The molecule has 20 heavy (non-hydrogen) atoms. The molecule has 3 nitrogen and oxygen atoms in total. The van der Waals surface area contributed by atoms with E-state index >= 15 is 0 Å². The Morgan fingerprint density at radius 2 is 2.05 bits per heavy atom. The standard InChI is InChI=1S/C15H22ClN3S/c1-20-15(7-3-2-4-8-15)10-17-13-9-12(16)18-14(19-13)11-5-6-11/h9,11H,2-8,10H2,1H3,(H,17,18,19). The number of hydrogen-bond donors (Lipinski definition) is 1. The number of aromatic nitrogens is 2. The van der Waals surface area contributed by atoms with Gasteiger partial charge in [-0.3, -0.25) is 0 Å². The first-order valence-electron chi connectivity index (χ1n) is 7.54. The van der Waals surface area contributed by atoms with Crippen molar-refractivity contribution in [3.8, 4) is 0 Å². The second kappa shape index (κ2) is 6.10. The fraction of sp³-hybridized carbons (Fsp3) is 0.733. The van der Waals surface area contributed by atoms with Crippen molar-refractivity contribution in [1.82, 2.24) is 9.97 Å². The van der Waals surface area contributed by atoms with Crippen LogP contribution < -0.4 is 5.32 Å². The Kier molecular flexibility index (Phi) is 4.41. The van der Waals surface area contributed by atoms with E-state index in [4.69, 9.17) is 11.6 Å². The number of nitrogens with one attached hydrogen (secondary N) is 1. The average molecular weight is 312 g/mol. The topological polar surface area (TPSA) is 37.8 Å². The van der Waals surface area contributed by atoms with E-state index in [-0.39, 0.29) is 0 Å². The van der Waals surface area contributed by atoms with Gasteiger partial charge in [0.2, 0.25) is 0 Å². The van der Waals surface area contributed by atoms with E-state index in [1.807, 2.05) is 17.8 Å². The first-order chi connectivity index (χ1) is 9.71. The van der Waals surface area contributed by atoms with Crippen LogP contribution in [0.15, 0.2) is 6.07 Å². The Morgan fingerprint density at radius 3 is 2.70 bits per heavy atom. The summed E-state index contributed by atoms with van der Waals surface area (Å²) in [7, 11) is 0. The highest BCUT2D eigenvalue weighted by atomic mass is 35.5. The fourth-order valence-electron chi connectivity index (χ4n) is 2.95. The van der Waals surface area contributed by atoms with Crippen LogP contribution in [0.4, 0.5) is 5.82 Å². The highest BCUT2D eigenvalue weighted by Crippen LogP contribution is 2.40. The molecule has 0 aliphatic heterocycles. The summed E-state index contributed by atoms with van der Waals surface area (Å²) in [5, 5.41) is 4.07. The Labute approximate surface area is 130 Å². The van der Waals surface area contributed by atoms with Gasteiger partial charge in [-0.1, -0.05) is 30.9 Å². The van der Waals surface area contributed by atoms with Gasteiger partial charge in [-0.2, -0.15) is 11.8 Å². The first-order valence-corrected chi connectivity index (χ1v) is 9.15. The fourth-order valence-corrected chi connectivity index (χ4v) is 4.05. The maximum absolute atomic E-state index is 6.12. The normalized spacial score (nSPS) is 21.7. The summed E-state index contributed by atoms with van der Waals surface area (Å²) >= 11 is 8.12. The van der Waals surface area contributed by atoms with Gasteiger partial charge in [-0.25, -0.2) is 9.97 Å². The Balaban J connectivity index is 1.67. The maximum atomic E-state index is 6.12. The molecule has 0 aromatic carbocycles. The highest BCUT2D eigenvalue weighted by Gasteiger charge is 2.31. The van der Waals surface area contributed by atoms with E-state index in [2.05, 4.69) is 21.5 Å². The minimum Gasteiger partial charge on any atom is -0.369 e. The molecule has 0 unspecified atom stereocenters. The van der Waals surface area contributed by atoms with Gasteiger partial charge >= 0.3 is 0 Å². The molecular formula is C15H22ClN3S. The summed E-state index contributed by atoms with van der Waals surface area (Å²) in [6.45, 7) is 0.978. The van der Waals surface area contributed by atoms with Gasteiger partial charge in [0.1, 0.15) is 16.8 Å². The van der Waals surface area contributed by atoms with Crippen molar-refractivity contribution < 1.29 is 0 Å². The molecular weight excluding hydrogens is 290 g/mol. The molecule has 2 saturated carbocycles. The lowest BCUT2D eigenvalue weighted by Gasteiger charge is -2.36. The lowest BCUT2D eigenvalue weighted by atomic mass is 9.88. The van der Waals surface area contributed by atoms with Crippen LogP contribution in [0.2, 0.25) is 5.15 Å². The molecule has 2 aliphatic rings. The molecule has 0 spiro atoms. The second-order valence-corrected chi connectivity index (χ2v) is 7.67. The Hall–Kier alpha value is -0.480.